The van der Waals surface area contributed by atoms with Gasteiger partial charge in [0, 0.05) is 24.5 Å². The zero-order chi connectivity index (χ0) is 20.4. The third-order valence-corrected chi connectivity index (χ3v) is 7.96. The van der Waals surface area contributed by atoms with Gasteiger partial charge in [-0.25, -0.2) is 8.42 Å². The maximum Gasteiger partial charge on any atom is 0.264 e. The number of anilines is 1. The molecule has 0 aliphatic carbocycles. The Morgan fingerprint density at radius 1 is 1.07 bits per heavy atom. The van der Waals surface area contributed by atoms with Crippen molar-refractivity contribution in [2.24, 2.45) is 0 Å². The smallest absolute Gasteiger partial charge is 0.264 e. The first-order valence-corrected chi connectivity index (χ1v) is 12.3. The molecule has 2 aromatic rings. The Bertz CT molecular complexity index is 1020. The molecule has 2 aliphatic rings. The van der Waals surface area contributed by atoms with Crippen LogP contribution in [0.2, 0.25) is 0 Å². The Kier molecular flexibility index (Phi) is 5.85. The van der Waals surface area contributed by atoms with Gasteiger partial charge in [0.2, 0.25) is 0 Å². The number of benzene rings is 2. The average molecular weight is 433 g/mol. The highest BCUT2D eigenvalue weighted by atomic mass is 32.2. The number of morpholine rings is 1. The van der Waals surface area contributed by atoms with E-state index in [1.54, 1.807) is 17.0 Å². The molecule has 0 unspecified atom stereocenters. The Balaban J connectivity index is 1.73. The summed E-state index contributed by atoms with van der Waals surface area (Å²) in [5.74, 6) is -0.145. The molecule has 0 bridgehead atoms. The lowest BCUT2D eigenvalue weighted by Crippen LogP contribution is -2.41. The summed E-state index contributed by atoms with van der Waals surface area (Å²) in [6.07, 6.45) is 3.54. The molecule has 154 valence electrons. The quantitative estimate of drug-likeness (QED) is 0.695. The van der Waals surface area contributed by atoms with Crippen LogP contribution in [0.4, 0.5) is 5.69 Å². The number of carbonyl (C=O) groups is 1. The molecule has 1 amide bonds. The van der Waals surface area contributed by atoms with Crippen LogP contribution in [0.3, 0.4) is 0 Å². The van der Waals surface area contributed by atoms with Crippen molar-refractivity contribution < 1.29 is 17.9 Å². The standard InChI is InChI=1S/C21H24N2O4S2/c1-28-20-9-8-17(15-18(20)21(24)22-11-13-27-14-12-22)29(25,26)23-10-4-6-16-5-2-3-7-19(16)23/h2-3,5,7-9,15H,4,6,10-14H2,1H3. The largest absolute Gasteiger partial charge is 0.378 e. The lowest BCUT2D eigenvalue weighted by atomic mass is 10.0. The SMILES string of the molecule is CSc1ccc(S(=O)(=O)N2CCCc3ccccc32)cc1C(=O)N1CCOCC1. The van der Waals surface area contributed by atoms with Crippen molar-refractivity contribution in [2.45, 2.75) is 22.6 Å². The molecule has 0 radical (unpaired) electrons. The van der Waals surface area contributed by atoms with Gasteiger partial charge in [-0.15, -0.1) is 11.8 Å². The highest BCUT2D eigenvalue weighted by molar-refractivity contribution is 7.98. The van der Waals surface area contributed by atoms with E-state index in [1.807, 2.05) is 30.5 Å². The number of aryl methyl sites for hydroxylation is 1. The summed E-state index contributed by atoms with van der Waals surface area (Å²) >= 11 is 1.44. The second-order valence-electron chi connectivity index (χ2n) is 7.08. The molecule has 0 saturated carbocycles. The predicted molar refractivity (Wildman–Crippen MR) is 114 cm³/mol. The van der Waals surface area contributed by atoms with Gasteiger partial charge in [0.05, 0.1) is 29.4 Å². The molecule has 0 aromatic heterocycles. The second kappa shape index (κ2) is 8.38. The van der Waals surface area contributed by atoms with E-state index in [0.717, 1.165) is 29.0 Å². The van der Waals surface area contributed by atoms with Crippen molar-refractivity contribution in [3.05, 3.63) is 53.6 Å². The summed E-state index contributed by atoms with van der Waals surface area (Å²) in [6.45, 7) is 2.48. The average Bonchev–Trinajstić information content (AvgIpc) is 2.78. The van der Waals surface area contributed by atoms with Crippen LogP contribution in [-0.2, 0) is 21.2 Å². The van der Waals surface area contributed by atoms with Gasteiger partial charge < -0.3 is 9.64 Å². The molecule has 1 saturated heterocycles. The topological polar surface area (TPSA) is 66.9 Å². The van der Waals surface area contributed by atoms with Gasteiger partial charge in [0.1, 0.15) is 0 Å². The Hall–Kier alpha value is -2.03. The molecule has 4 rings (SSSR count). The van der Waals surface area contributed by atoms with Crippen LogP contribution in [0.15, 0.2) is 52.3 Å². The number of hydrogen-bond donors (Lipinski definition) is 0. The molecular weight excluding hydrogens is 408 g/mol. The van der Waals surface area contributed by atoms with Gasteiger partial charge in [-0.3, -0.25) is 9.10 Å². The van der Waals surface area contributed by atoms with Gasteiger partial charge >= 0.3 is 0 Å². The number of amides is 1. The summed E-state index contributed by atoms with van der Waals surface area (Å²) in [7, 11) is -3.76. The van der Waals surface area contributed by atoms with E-state index in [-0.39, 0.29) is 10.8 Å². The lowest BCUT2D eigenvalue weighted by molar-refractivity contribution is 0.0300. The maximum atomic E-state index is 13.5. The van der Waals surface area contributed by atoms with Crippen LogP contribution < -0.4 is 4.31 Å². The van der Waals surface area contributed by atoms with Gasteiger partial charge in [0.15, 0.2) is 0 Å². The lowest BCUT2D eigenvalue weighted by Gasteiger charge is -2.31. The van der Waals surface area contributed by atoms with Crippen LogP contribution in [0.1, 0.15) is 22.3 Å². The summed E-state index contributed by atoms with van der Waals surface area (Å²) < 4.78 is 33.8. The van der Waals surface area contributed by atoms with Crippen molar-refractivity contribution in [3.8, 4) is 0 Å². The number of para-hydroxylation sites is 1. The van der Waals surface area contributed by atoms with Crippen LogP contribution >= 0.6 is 11.8 Å². The molecule has 8 heteroatoms. The molecule has 1 fully saturated rings. The fourth-order valence-corrected chi connectivity index (χ4v) is 5.97. The van der Waals surface area contributed by atoms with Crippen LogP contribution in [0.25, 0.3) is 0 Å². The van der Waals surface area contributed by atoms with E-state index in [1.165, 1.54) is 22.1 Å². The molecule has 2 aromatic carbocycles. The zero-order valence-electron chi connectivity index (χ0n) is 16.3. The van der Waals surface area contributed by atoms with Gasteiger partial charge in [-0.05, 0) is 48.9 Å². The Morgan fingerprint density at radius 3 is 2.59 bits per heavy atom. The first-order chi connectivity index (χ1) is 14.0. The highest BCUT2D eigenvalue weighted by Gasteiger charge is 2.30. The fourth-order valence-electron chi connectivity index (χ4n) is 3.83. The fraction of sp³-hybridized carbons (Fsp3) is 0.381. The molecule has 2 heterocycles. The van der Waals surface area contributed by atoms with Crippen molar-refractivity contribution in [3.63, 3.8) is 0 Å². The minimum Gasteiger partial charge on any atom is -0.378 e. The molecule has 6 nitrogen and oxygen atoms in total. The van der Waals surface area contributed by atoms with Crippen LogP contribution in [0, 0.1) is 0 Å². The monoisotopic (exact) mass is 432 g/mol. The maximum absolute atomic E-state index is 13.5. The minimum atomic E-state index is -3.76. The number of hydrogen-bond acceptors (Lipinski definition) is 5. The molecule has 29 heavy (non-hydrogen) atoms. The van der Waals surface area contributed by atoms with E-state index in [4.69, 9.17) is 4.74 Å². The molecular formula is C21H24N2O4S2. The van der Waals surface area contributed by atoms with E-state index < -0.39 is 10.0 Å². The second-order valence-corrected chi connectivity index (χ2v) is 9.79. The van der Waals surface area contributed by atoms with E-state index >= 15 is 0 Å². The first kappa shape index (κ1) is 20.3. The normalized spacial score (nSPS) is 17.1. The number of carbonyl (C=O) groups excluding carboxylic acids is 1. The minimum absolute atomic E-state index is 0.145. The van der Waals surface area contributed by atoms with E-state index in [2.05, 4.69) is 0 Å². The molecule has 0 atom stereocenters. The number of sulfonamides is 1. The Labute approximate surface area is 175 Å². The number of ether oxygens (including phenoxy) is 1. The Morgan fingerprint density at radius 2 is 1.83 bits per heavy atom. The summed E-state index contributed by atoms with van der Waals surface area (Å²) in [5.41, 5.74) is 2.20. The number of fused-ring (bicyclic) bond motifs is 1. The van der Waals surface area contributed by atoms with Crippen molar-refractivity contribution in [2.75, 3.05) is 43.4 Å². The predicted octanol–water partition coefficient (Wildman–Crippen LogP) is 3.02. The van der Waals surface area contributed by atoms with Gasteiger partial charge in [-0.2, -0.15) is 0 Å². The number of nitrogens with zero attached hydrogens (tertiary/aromatic N) is 2. The van der Waals surface area contributed by atoms with Crippen molar-refractivity contribution in [1.82, 2.24) is 4.90 Å². The third-order valence-electron chi connectivity index (χ3n) is 5.36. The van der Waals surface area contributed by atoms with Crippen LogP contribution in [-0.4, -0.2) is 58.3 Å². The number of thioether (sulfide) groups is 1. The summed E-state index contributed by atoms with van der Waals surface area (Å²) in [5, 5.41) is 0. The summed E-state index contributed by atoms with van der Waals surface area (Å²) in [6, 6.07) is 12.5. The number of rotatable bonds is 4. The molecule has 2 aliphatic heterocycles. The van der Waals surface area contributed by atoms with Gasteiger partial charge in [0.25, 0.3) is 15.9 Å². The van der Waals surface area contributed by atoms with Gasteiger partial charge in [-0.1, -0.05) is 18.2 Å². The highest BCUT2D eigenvalue weighted by Crippen LogP contribution is 2.33. The van der Waals surface area contributed by atoms with Crippen molar-refractivity contribution >= 4 is 33.4 Å². The first-order valence-electron chi connectivity index (χ1n) is 9.68. The van der Waals surface area contributed by atoms with E-state index in [0.29, 0.717) is 38.4 Å². The zero-order valence-corrected chi connectivity index (χ0v) is 18.0. The third kappa shape index (κ3) is 3.89. The van der Waals surface area contributed by atoms with Crippen LogP contribution in [0.5, 0.6) is 0 Å². The molecule has 0 N–H and O–H groups in total. The van der Waals surface area contributed by atoms with Crippen molar-refractivity contribution in [1.29, 1.82) is 0 Å². The molecule has 0 spiro atoms. The summed E-state index contributed by atoms with van der Waals surface area (Å²) in [4.78, 5) is 15.7. The van der Waals surface area contributed by atoms with E-state index in [9.17, 15) is 13.2 Å².